The second-order valence-corrected chi connectivity index (χ2v) is 7.57. The van der Waals surface area contributed by atoms with Crippen molar-refractivity contribution in [3.63, 3.8) is 0 Å². The van der Waals surface area contributed by atoms with Crippen LogP contribution in [0.1, 0.15) is 30.6 Å². The number of aromatic nitrogens is 2. The summed E-state index contributed by atoms with van der Waals surface area (Å²) in [7, 11) is 0. The summed E-state index contributed by atoms with van der Waals surface area (Å²) in [5, 5.41) is 14.5. The average molecular weight is 352 g/mol. The largest absolute Gasteiger partial charge is 0.360 e. The van der Waals surface area contributed by atoms with E-state index in [1.54, 1.807) is 12.1 Å². The summed E-state index contributed by atoms with van der Waals surface area (Å²) in [4.78, 5) is 12.5. The van der Waals surface area contributed by atoms with Gasteiger partial charge in [-0.3, -0.25) is 4.79 Å². The first-order valence-electron chi connectivity index (χ1n) is 7.45. The van der Waals surface area contributed by atoms with Crippen molar-refractivity contribution in [1.82, 2.24) is 15.5 Å². The molecule has 8 heteroatoms. The molecule has 2 N–H and O–H groups in total. The Kier molecular flexibility index (Phi) is 5.12. The van der Waals surface area contributed by atoms with Gasteiger partial charge in [-0.1, -0.05) is 35.2 Å². The van der Waals surface area contributed by atoms with E-state index in [0.717, 1.165) is 30.1 Å². The lowest BCUT2D eigenvalue weighted by atomic mass is 10.1. The number of benzene rings is 1. The van der Waals surface area contributed by atoms with Gasteiger partial charge in [-0.2, -0.15) is 0 Å². The number of carbonyl (C=O) groups is 1. The Labute approximate surface area is 142 Å². The summed E-state index contributed by atoms with van der Waals surface area (Å²) in [6, 6.07) is 6.31. The minimum Gasteiger partial charge on any atom is -0.360 e. The van der Waals surface area contributed by atoms with Crippen molar-refractivity contribution in [3.8, 4) is 0 Å². The Morgan fingerprint density at radius 2 is 2.13 bits per heavy atom. The van der Waals surface area contributed by atoms with Crippen LogP contribution >= 0.6 is 23.1 Å². The lowest BCUT2D eigenvalue weighted by molar-refractivity contribution is -0.120. The first-order chi connectivity index (χ1) is 11.2. The molecule has 23 heavy (non-hydrogen) atoms. The van der Waals surface area contributed by atoms with Gasteiger partial charge in [-0.15, -0.1) is 10.2 Å². The van der Waals surface area contributed by atoms with E-state index in [1.807, 2.05) is 6.92 Å². The maximum absolute atomic E-state index is 13.2. The third-order valence-electron chi connectivity index (χ3n) is 3.29. The number of hydrogen-bond acceptors (Lipinski definition) is 6. The zero-order valence-corrected chi connectivity index (χ0v) is 14.2. The van der Waals surface area contributed by atoms with E-state index >= 15 is 0 Å². The van der Waals surface area contributed by atoms with Crippen molar-refractivity contribution in [2.75, 3.05) is 11.9 Å². The lowest BCUT2D eigenvalue weighted by Crippen LogP contribution is -2.29. The van der Waals surface area contributed by atoms with E-state index in [9.17, 15) is 9.18 Å². The molecular formula is C15H17FN4OS2. The van der Waals surface area contributed by atoms with Gasteiger partial charge < -0.3 is 10.6 Å². The summed E-state index contributed by atoms with van der Waals surface area (Å²) in [6.07, 6.45) is 2.05. The Morgan fingerprint density at radius 1 is 1.39 bits per heavy atom. The van der Waals surface area contributed by atoms with Crippen LogP contribution in [0.5, 0.6) is 0 Å². The second-order valence-electron chi connectivity index (χ2n) is 5.24. The van der Waals surface area contributed by atoms with Crippen molar-refractivity contribution in [2.24, 2.45) is 0 Å². The highest BCUT2D eigenvalue weighted by atomic mass is 32.2. The quantitative estimate of drug-likeness (QED) is 0.749. The van der Waals surface area contributed by atoms with Gasteiger partial charge in [0.15, 0.2) is 4.34 Å². The summed E-state index contributed by atoms with van der Waals surface area (Å²) in [5.41, 5.74) is 0.759. The Bertz CT molecular complexity index is 672. The molecule has 1 atom stereocenters. The topological polar surface area (TPSA) is 66.9 Å². The maximum Gasteiger partial charge on any atom is 0.238 e. The van der Waals surface area contributed by atoms with Crippen LogP contribution < -0.4 is 10.6 Å². The number of hydrogen-bond donors (Lipinski definition) is 2. The standard InChI is InChI=1S/C15H17FN4OS2/c1-2-17-14-19-20-15(23-14)22-12(13(21)18-11-7-8-11)9-3-5-10(16)6-4-9/h3-6,11-12H,2,7-8H2,1H3,(H,17,19)(H,18,21). The molecule has 0 bridgehead atoms. The summed E-state index contributed by atoms with van der Waals surface area (Å²) >= 11 is 2.75. The molecule has 1 aliphatic rings. The highest BCUT2D eigenvalue weighted by Crippen LogP contribution is 2.38. The number of anilines is 1. The van der Waals surface area contributed by atoms with E-state index < -0.39 is 5.25 Å². The molecule has 0 saturated heterocycles. The first-order valence-corrected chi connectivity index (χ1v) is 9.15. The molecule has 1 heterocycles. The van der Waals surface area contributed by atoms with E-state index in [4.69, 9.17) is 0 Å². The third kappa shape index (κ3) is 4.42. The van der Waals surface area contributed by atoms with Crippen molar-refractivity contribution >= 4 is 34.1 Å². The number of amides is 1. The summed E-state index contributed by atoms with van der Waals surface area (Å²) < 4.78 is 13.9. The third-order valence-corrected chi connectivity index (χ3v) is 5.51. The molecule has 0 aliphatic heterocycles. The van der Waals surface area contributed by atoms with Gasteiger partial charge in [0.25, 0.3) is 0 Å². The zero-order valence-electron chi connectivity index (χ0n) is 12.6. The molecule has 5 nitrogen and oxygen atoms in total. The average Bonchev–Trinajstić information content (AvgIpc) is 3.24. The molecule has 1 unspecified atom stereocenters. The van der Waals surface area contributed by atoms with Gasteiger partial charge in [-0.25, -0.2) is 4.39 Å². The summed E-state index contributed by atoms with van der Waals surface area (Å²) in [6.45, 7) is 2.75. The fourth-order valence-electron chi connectivity index (χ4n) is 2.00. The van der Waals surface area contributed by atoms with E-state index in [1.165, 1.54) is 35.2 Å². The van der Waals surface area contributed by atoms with Crippen LogP contribution in [0.3, 0.4) is 0 Å². The minimum absolute atomic E-state index is 0.0655. The molecule has 1 saturated carbocycles. The molecule has 1 aromatic carbocycles. The van der Waals surface area contributed by atoms with Gasteiger partial charge >= 0.3 is 0 Å². The van der Waals surface area contributed by atoms with Crippen molar-refractivity contribution in [1.29, 1.82) is 0 Å². The van der Waals surface area contributed by atoms with Crippen LogP contribution in [0.25, 0.3) is 0 Å². The van der Waals surface area contributed by atoms with Gasteiger partial charge in [0.1, 0.15) is 11.1 Å². The molecule has 2 aromatic rings. The highest BCUT2D eigenvalue weighted by Gasteiger charge is 2.30. The molecule has 0 spiro atoms. The highest BCUT2D eigenvalue weighted by molar-refractivity contribution is 8.01. The molecule has 122 valence electrons. The second kappa shape index (κ2) is 7.27. The van der Waals surface area contributed by atoms with Crippen LogP contribution in [0.4, 0.5) is 9.52 Å². The molecule has 0 radical (unpaired) electrons. The Balaban J connectivity index is 1.78. The van der Waals surface area contributed by atoms with E-state index in [0.29, 0.717) is 4.34 Å². The predicted octanol–water partition coefficient (Wildman–Crippen LogP) is 3.22. The fourth-order valence-corrected chi connectivity index (χ4v) is 4.02. The van der Waals surface area contributed by atoms with Crippen LogP contribution in [0.15, 0.2) is 28.6 Å². The Hall–Kier alpha value is -1.67. The SMILES string of the molecule is CCNc1nnc(SC(C(=O)NC2CC2)c2ccc(F)cc2)s1. The van der Waals surface area contributed by atoms with Crippen molar-refractivity contribution in [3.05, 3.63) is 35.6 Å². The van der Waals surface area contributed by atoms with Gasteiger partial charge in [-0.05, 0) is 37.5 Å². The van der Waals surface area contributed by atoms with Crippen LogP contribution in [0.2, 0.25) is 0 Å². The van der Waals surface area contributed by atoms with Crippen molar-refractivity contribution in [2.45, 2.75) is 35.4 Å². The molecule has 3 rings (SSSR count). The normalized spacial score (nSPS) is 15.2. The molecule has 1 aliphatic carbocycles. The van der Waals surface area contributed by atoms with Gasteiger partial charge in [0, 0.05) is 12.6 Å². The fraction of sp³-hybridized carbons (Fsp3) is 0.400. The number of nitrogens with one attached hydrogen (secondary N) is 2. The number of halogens is 1. The number of nitrogens with zero attached hydrogens (tertiary/aromatic N) is 2. The van der Waals surface area contributed by atoms with Crippen molar-refractivity contribution < 1.29 is 9.18 Å². The smallest absolute Gasteiger partial charge is 0.238 e. The summed E-state index contributed by atoms with van der Waals surface area (Å²) in [5.74, 6) is -0.380. The molecular weight excluding hydrogens is 335 g/mol. The maximum atomic E-state index is 13.2. The number of rotatable bonds is 7. The zero-order chi connectivity index (χ0) is 16.2. The number of thioether (sulfide) groups is 1. The van der Waals surface area contributed by atoms with E-state index in [2.05, 4.69) is 20.8 Å². The van der Waals surface area contributed by atoms with E-state index in [-0.39, 0.29) is 17.8 Å². The van der Waals surface area contributed by atoms with Crippen LogP contribution in [-0.4, -0.2) is 28.7 Å². The van der Waals surface area contributed by atoms with Crippen LogP contribution in [-0.2, 0) is 4.79 Å². The van der Waals surface area contributed by atoms with Crippen LogP contribution in [0, 0.1) is 5.82 Å². The predicted molar refractivity (Wildman–Crippen MR) is 90.2 cm³/mol. The van der Waals surface area contributed by atoms with Gasteiger partial charge in [0.2, 0.25) is 11.0 Å². The molecule has 1 aromatic heterocycles. The Morgan fingerprint density at radius 3 is 2.78 bits per heavy atom. The molecule has 1 amide bonds. The molecule has 1 fully saturated rings. The minimum atomic E-state index is -0.460. The monoisotopic (exact) mass is 352 g/mol. The van der Waals surface area contributed by atoms with Gasteiger partial charge in [0.05, 0.1) is 0 Å². The lowest BCUT2D eigenvalue weighted by Gasteiger charge is -2.15. The first kappa shape index (κ1) is 16.2. The number of carbonyl (C=O) groups excluding carboxylic acids is 1.